The minimum atomic E-state index is -0.510. The second kappa shape index (κ2) is 7.78. The zero-order valence-corrected chi connectivity index (χ0v) is 13.8. The highest BCUT2D eigenvalue weighted by Crippen LogP contribution is 2.32. The largest absolute Gasteiger partial charge is 0.448 e. The van der Waals surface area contributed by atoms with Crippen LogP contribution in [0.15, 0.2) is 47.1 Å². The minimum Gasteiger partial charge on any atom is -0.448 e. The maximum atomic E-state index is 12.4. The molecule has 0 unspecified atom stereocenters. The lowest BCUT2D eigenvalue weighted by atomic mass is 10.2. The van der Waals surface area contributed by atoms with Crippen LogP contribution in [0.2, 0.25) is 0 Å². The number of nitrogens with one attached hydrogen (secondary N) is 2. The molecule has 0 saturated carbocycles. The van der Waals surface area contributed by atoms with Gasteiger partial charge in [-0.15, -0.1) is 0 Å². The number of furan rings is 1. The molecule has 7 heteroatoms. The standard InChI is InChI=1S/C18H19N3O4/c1-12-3-5-13(6-4-12)20-16-14-11-19-8-7-15(14)25-17(16)18(23)21-24-10-2-9-22/h3-8,11,20,22H,2,9-10H2,1H3,(H,21,23). The van der Waals surface area contributed by atoms with Gasteiger partial charge in [0.1, 0.15) is 11.3 Å². The molecule has 3 rings (SSSR count). The normalized spacial score (nSPS) is 10.8. The summed E-state index contributed by atoms with van der Waals surface area (Å²) in [6.07, 6.45) is 3.67. The molecule has 0 aliphatic carbocycles. The van der Waals surface area contributed by atoms with E-state index in [4.69, 9.17) is 14.4 Å². The number of fused-ring (bicyclic) bond motifs is 1. The Kier molecular flexibility index (Phi) is 5.27. The lowest BCUT2D eigenvalue weighted by Gasteiger charge is -2.08. The first-order valence-electron chi connectivity index (χ1n) is 7.92. The predicted molar refractivity (Wildman–Crippen MR) is 93.6 cm³/mol. The molecule has 0 atom stereocenters. The third-order valence-corrected chi connectivity index (χ3v) is 3.59. The van der Waals surface area contributed by atoms with E-state index in [0.717, 1.165) is 11.3 Å². The van der Waals surface area contributed by atoms with Gasteiger partial charge in [0, 0.05) is 24.7 Å². The number of anilines is 2. The van der Waals surface area contributed by atoms with Crippen LogP contribution in [0.3, 0.4) is 0 Å². The molecule has 0 fully saturated rings. The van der Waals surface area contributed by atoms with E-state index in [1.54, 1.807) is 18.5 Å². The number of nitrogens with zero attached hydrogens (tertiary/aromatic N) is 1. The summed E-state index contributed by atoms with van der Waals surface area (Å²) in [4.78, 5) is 21.5. The zero-order chi connectivity index (χ0) is 17.6. The lowest BCUT2D eigenvalue weighted by molar-refractivity contribution is 0.0243. The SMILES string of the molecule is Cc1ccc(Nc2c(C(=O)NOCCCO)oc3ccncc23)cc1. The van der Waals surface area contributed by atoms with Gasteiger partial charge >= 0.3 is 5.91 Å². The Labute approximate surface area is 144 Å². The van der Waals surface area contributed by atoms with Gasteiger partial charge in [-0.3, -0.25) is 14.6 Å². The van der Waals surface area contributed by atoms with E-state index in [0.29, 0.717) is 23.1 Å². The Bertz CT molecular complexity index is 858. The number of benzene rings is 1. The Hall–Kier alpha value is -2.90. The number of rotatable bonds is 7. The van der Waals surface area contributed by atoms with Crippen molar-refractivity contribution >= 4 is 28.3 Å². The first-order chi connectivity index (χ1) is 12.2. The van der Waals surface area contributed by atoms with E-state index in [2.05, 4.69) is 15.8 Å². The maximum Gasteiger partial charge on any atom is 0.312 e. The third kappa shape index (κ3) is 3.96. The smallest absolute Gasteiger partial charge is 0.312 e. The Balaban J connectivity index is 1.89. The van der Waals surface area contributed by atoms with E-state index in [1.165, 1.54) is 0 Å². The molecule has 130 valence electrons. The summed E-state index contributed by atoms with van der Waals surface area (Å²) in [6.45, 7) is 2.21. The Morgan fingerprint density at radius 1 is 1.28 bits per heavy atom. The van der Waals surface area contributed by atoms with Crippen LogP contribution in [0.1, 0.15) is 22.5 Å². The molecule has 0 radical (unpaired) electrons. The molecule has 2 aromatic heterocycles. The molecule has 0 bridgehead atoms. The van der Waals surface area contributed by atoms with Crippen molar-refractivity contribution in [1.29, 1.82) is 0 Å². The number of aryl methyl sites for hydroxylation is 1. The van der Waals surface area contributed by atoms with Crippen molar-refractivity contribution in [2.45, 2.75) is 13.3 Å². The number of hydrogen-bond donors (Lipinski definition) is 3. The van der Waals surface area contributed by atoms with Gasteiger partial charge in [0.25, 0.3) is 0 Å². The van der Waals surface area contributed by atoms with E-state index in [9.17, 15) is 4.79 Å². The summed E-state index contributed by atoms with van der Waals surface area (Å²) in [6, 6.07) is 9.48. The van der Waals surface area contributed by atoms with Crippen LogP contribution in [0.5, 0.6) is 0 Å². The van der Waals surface area contributed by atoms with Crippen molar-refractivity contribution in [3.8, 4) is 0 Å². The molecule has 0 aliphatic rings. The van der Waals surface area contributed by atoms with E-state index in [1.807, 2.05) is 31.2 Å². The third-order valence-electron chi connectivity index (χ3n) is 3.59. The highest BCUT2D eigenvalue weighted by Gasteiger charge is 2.21. The number of aliphatic hydroxyl groups is 1. The number of hydrogen-bond acceptors (Lipinski definition) is 6. The van der Waals surface area contributed by atoms with Crippen molar-refractivity contribution in [2.24, 2.45) is 0 Å². The average molecular weight is 341 g/mol. The topological polar surface area (TPSA) is 96.6 Å². The molecule has 3 N–H and O–H groups in total. The molecular formula is C18H19N3O4. The number of amides is 1. The molecule has 0 saturated heterocycles. The van der Waals surface area contributed by atoms with Gasteiger partial charge in [-0.05, 0) is 31.5 Å². The lowest BCUT2D eigenvalue weighted by Crippen LogP contribution is -2.24. The van der Waals surface area contributed by atoms with Gasteiger partial charge in [-0.25, -0.2) is 5.48 Å². The maximum absolute atomic E-state index is 12.4. The number of hydroxylamine groups is 1. The summed E-state index contributed by atoms with van der Waals surface area (Å²) in [5.74, 6) is -0.406. The molecule has 25 heavy (non-hydrogen) atoms. The van der Waals surface area contributed by atoms with E-state index in [-0.39, 0.29) is 19.0 Å². The molecule has 2 heterocycles. The molecule has 0 aliphatic heterocycles. The molecule has 1 aromatic carbocycles. The second-order valence-corrected chi connectivity index (χ2v) is 5.53. The highest BCUT2D eigenvalue weighted by atomic mass is 16.7. The monoisotopic (exact) mass is 341 g/mol. The zero-order valence-electron chi connectivity index (χ0n) is 13.8. The van der Waals surface area contributed by atoms with Crippen molar-refractivity contribution < 1.29 is 19.2 Å². The Morgan fingerprint density at radius 2 is 2.08 bits per heavy atom. The second-order valence-electron chi connectivity index (χ2n) is 5.53. The van der Waals surface area contributed by atoms with Crippen LogP contribution in [-0.2, 0) is 4.84 Å². The predicted octanol–water partition coefficient (Wildman–Crippen LogP) is 2.92. The van der Waals surface area contributed by atoms with Crippen LogP contribution in [0.25, 0.3) is 11.0 Å². The van der Waals surface area contributed by atoms with Crippen molar-refractivity contribution in [1.82, 2.24) is 10.5 Å². The molecule has 3 aromatic rings. The number of carbonyl (C=O) groups excluding carboxylic acids is 1. The van der Waals surface area contributed by atoms with E-state index < -0.39 is 5.91 Å². The van der Waals surface area contributed by atoms with Gasteiger partial charge < -0.3 is 14.8 Å². The van der Waals surface area contributed by atoms with E-state index >= 15 is 0 Å². The summed E-state index contributed by atoms with van der Waals surface area (Å²) >= 11 is 0. The van der Waals surface area contributed by atoms with Crippen LogP contribution in [-0.4, -0.2) is 29.2 Å². The summed E-state index contributed by atoms with van der Waals surface area (Å²) in [7, 11) is 0. The first kappa shape index (κ1) is 16.9. The molecular weight excluding hydrogens is 322 g/mol. The van der Waals surface area contributed by atoms with Gasteiger partial charge in [-0.2, -0.15) is 0 Å². The highest BCUT2D eigenvalue weighted by molar-refractivity contribution is 6.06. The molecule has 1 amide bonds. The average Bonchev–Trinajstić information content (AvgIpc) is 2.99. The van der Waals surface area contributed by atoms with Crippen LogP contribution < -0.4 is 10.8 Å². The molecule has 7 nitrogen and oxygen atoms in total. The van der Waals surface area contributed by atoms with Crippen LogP contribution in [0, 0.1) is 6.92 Å². The minimum absolute atomic E-state index is 0.00753. The fourth-order valence-corrected chi connectivity index (χ4v) is 2.31. The van der Waals surface area contributed by atoms with Gasteiger partial charge in [0.2, 0.25) is 5.76 Å². The number of aliphatic hydroxyl groups excluding tert-OH is 1. The van der Waals surface area contributed by atoms with Gasteiger partial charge in [0.05, 0.1) is 12.0 Å². The van der Waals surface area contributed by atoms with Crippen molar-refractivity contribution in [3.63, 3.8) is 0 Å². The number of pyridine rings is 1. The Morgan fingerprint density at radius 3 is 2.84 bits per heavy atom. The molecule has 0 spiro atoms. The van der Waals surface area contributed by atoms with Crippen LogP contribution >= 0.6 is 0 Å². The van der Waals surface area contributed by atoms with Crippen molar-refractivity contribution in [3.05, 3.63) is 54.0 Å². The fraction of sp³-hybridized carbons (Fsp3) is 0.222. The van der Waals surface area contributed by atoms with Gasteiger partial charge in [-0.1, -0.05) is 17.7 Å². The summed E-state index contributed by atoms with van der Waals surface area (Å²) in [5.41, 5.74) is 5.36. The van der Waals surface area contributed by atoms with Crippen molar-refractivity contribution in [2.75, 3.05) is 18.5 Å². The van der Waals surface area contributed by atoms with Gasteiger partial charge in [0.15, 0.2) is 0 Å². The first-order valence-corrected chi connectivity index (χ1v) is 7.92. The van der Waals surface area contributed by atoms with Crippen LogP contribution in [0.4, 0.5) is 11.4 Å². The quantitative estimate of drug-likeness (QED) is 0.452. The number of carbonyl (C=O) groups is 1. The summed E-state index contributed by atoms with van der Waals surface area (Å²) < 4.78 is 5.67. The summed E-state index contributed by atoms with van der Waals surface area (Å²) in [5, 5.41) is 12.7. The fourth-order valence-electron chi connectivity index (χ4n) is 2.31. The number of aromatic nitrogens is 1.